The number of aliphatic carboxylic acids is 1. The highest BCUT2D eigenvalue weighted by atomic mass is 16.7. The Hall–Kier alpha value is -3.02. The first-order valence-electron chi connectivity index (χ1n) is 29.3. The van der Waals surface area contributed by atoms with Crippen LogP contribution in [0.5, 0.6) is 0 Å². The maximum atomic E-state index is 13.6. The summed E-state index contributed by atoms with van der Waals surface area (Å²) in [5.41, 5.74) is 0. The van der Waals surface area contributed by atoms with E-state index < -0.39 is 194 Å². The maximum Gasteiger partial charge on any atom is 0.330 e. The van der Waals surface area contributed by atoms with Crippen LogP contribution in [0.25, 0.3) is 0 Å². The van der Waals surface area contributed by atoms with Crippen molar-refractivity contribution in [3.63, 3.8) is 0 Å². The second-order valence-electron chi connectivity index (χ2n) is 23.9. The molecule has 13 N–H and O–H groups in total. The number of hydrogen-bond acceptors (Lipinski definition) is 23. The Morgan fingerprint density at radius 3 is 2.06 bits per heavy atom. The molecule has 26 atom stereocenters. The molecule has 4 heterocycles. The fourth-order valence-electron chi connectivity index (χ4n) is 11.5. The summed E-state index contributed by atoms with van der Waals surface area (Å²) in [6, 6.07) is 0. The molecule has 3 fully saturated rings. The van der Waals surface area contributed by atoms with Gasteiger partial charge in [0.15, 0.2) is 12.1 Å². The molecule has 0 aromatic rings. The molecule has 0 aromatic heterocycles. The minimum Gasteiger partial charge on any atom is -0.481 e. The number of carboxylic acid groups (broad SMARTS) is 1. The van der Waals surface area contributed by atoms with Crippen molar-refractivity contribution in [2.45, 2.75) is 293 Å². The van der Waals surface area contributed by atoms with Gasteiger partial charge in [-0.15, -0.1) is 0 Å². The third-order valence-corrected chi connectivity index (χ3v) is 16.9. The molecular weight excluding hydrogens is 1070 g/mol. The number of esters is 3. The van der Waals surface area contributed by atoms with Crippen molar-refractivity contribution in [2.75, 3.05) is 0 Å². The smallest absolute Gasteiger partial charge is 0.330 e. The average molecular weight is 1170 g/mol. The van der Waals surface area contributed by atoms with Crippen molar-refractivity contribution in [1.29, 1.82) is 0 Å². The standard InChI is InChI=1S/C57H98O24/c1-9-10-16-46(67)78-44-25-49(76-34(8)52(44)72)75-33(7)29(3)50(70)30(4)51(71)31(5)53-32(6)54-55(80-54)41(62)15-12-14-39(77-48(69)26-45(65)66)22-38(61)23-40-24-42(63)56(73)57(74,81-40)27-43(64)28(2)18-19-36(59)21-37(60)20-35(58)13-11-17-47(68)79-53/h11,17,28-44,49-56,58-64,70-74H,9-10,12-16,18-27H2,1-8H3,(H,65,66)/b17-11+/t28-,29+,30-,31+,32+,33+,34+,35+,36+,37+,38+,39?,40+,41+,42-,43-,44+,49-,50+,51+,52-,53-,54+,55+,56+,57-/m1/s1. The van der Waals surface area contributed by atoms with Gasteiger partial charge in [-0.25, -0.2) is 4.79 Å². The van der Waals surface area contributed by atoms with Gasteiger partial charge in [0.05, 0.1) is 79.4 Å². The number of aliphatic hydroxyl groups is 12. The minimum atomic E-state index is -2.47. The van der Waals surface area contributed by atoms with Crippen molar-refractivity contribution < 1.29 is 119 Å². The second-order valence-corrected chi connectivity index (χ2v) is 23.9. The predicted molar refractivity (Wildman–Crippen MR) is 286 cm³/mol. The number of carbonyl (C=O) groups excluding carboxylic acids is 3. The van der Waals surface area contributed by atoms with Crippen molar-refractivity contribution in [3.05, 3.63) is 12.2 Å². The Balaban J connectivity index is 1.53. The molecular formula is C57H98O24. The number of epoxide rings is 1. The van der Waals surface area contributed by atoms with E-state index in [0.717, 1.165) is 12.5 Å². The molecule has 4 aliphatic rings. The Bertz CT molecular complexity index is 1940. The van der Waals surface area contributed by atoms with E-state index in [9.17, 15) is 85.6 Å². The molecule has 0 radical (unpaired) electrons. The molecule has 0 spiro atoms. The molecule has 470 valence electrons. The highest BCUT2D eigenvalue weighted by Crippen LogP contribution is 2.41. The van der Waals surface area contributed by atoms with Gasteiger partial charge >= 0.3 is 23.9 Å². The van der Waals surface area contributed by atoms with E-state index in [1.807, 2.05) is 6.92 Å². The van der Waals surface area contributed by atoms with Crippen molar-refractivity contribution >= 4 is 23.9 Å². The molecule has 0 amide bonds. The number of carbonyl (C=O) groups is 4. The summed E-state index contributed by atoms with van der Waals surface area (Å²) in [5, 5.41) is 143. The topological polar surface area (TPSA) is 399 Å². The number of cyclic esters (lactones) is 1. The quantitative estimate of drug-likeness (QED) is 0.0474. The number of carboxylic acids is 1. The minimum absolute atomic E-state index is 0.0265. The van der Waals surface area contributed by atoms with Crippen LogP contribution >= 0.6 is 0 Å². The molecule has 3 saturated heterocycles. The Kier molecular flexibility index (Phi) is 28.7. The van der Waals surface area contributed by atoms with E-state index in [0.29, 0.717) is 6.42 Å². The van der Waals surface area contributed by atoms with Gasteiger partial charge in [-0.05, 0) is 84.0 Å². The van der Waals surface area contributed by atoms with Gasteiger partial charge in [-0.3, -0.25) is 14.4 Å². The maximum absolute atomic E-state index is 13.6. The first kappa shape index (κ1) is 70.5. The second kappa shape index (κ2) is 33.0. The fraction of sp³-hybridized carbons (Fsp3) is 0.895. The molecule has 81 heavy (non-hydrogen) atoms. The van der Waals surface area contributed by atoms with Crippen LogP contribution in [-0.4, -0.2) is 218 Å². The van der Waals surface area contributed by atoms with Crippen LogP contribution in [-0.2, 0) is 52.3 Å². The van der Waals surface area contributed by atoms with Crippen LogP contribution < -0.4 is 0 Å². The van der Waals surface area contributed by atoms with E-state index in [1.54, 1.807) is 48.5 Å². The number of unbranched alkanes of at least 4 members (excludes halogenated alkanes) is 1. The lowest BCUT2D eigenvalue weighted by molar-refractivity contribution is -0.333. The Morgan fingerprint density at radius 2 is 1.40 bits per heavy atom. The molecule has 0 saturated carbocycles. The largest absolute Gasteiger partial charge is 0.481 e. The first-order valence-corrected chi connectivity index (χ1v) is 29.3. The van der Waals surface area contributed by atoms with Gasteiger partial charge in [0.2, 0.25) is 0 Å². The van der Waals surface area contributed by atoms with Gasteiger partial charge in [0.25, 0.3) is 0 Å². The van der Waals surface area contributed by atoms with Gasteiger partial charge in [-0.2, -0.15) is 0 Å². The molecule has 4 aliphatic heterocycles. The number of rotatable bonds is 15. The lowest BCUT2D eigenvalue weighted by Crippen LogP contribution is -2.59. The Morgan fingerprint density at radius 1 is 0.728 bits per heavy atom. The van der Waals surface area contributed by atoms with E-state index >= 15 is 0 Å². The summed E-state index contributed by atoms with van der Waals surface area (Å²) in [7, 11) is 0. The number of fused-ring (bicyclic) bond motifs is 3. The van der Waals surface area contributed by atoms with Crippen LogP contribution in [0.1, 0.15) is 165 Å². The summed E-state index contributed by atoms with van der Waals surface area (Å²) in [6.45, 7) is 13.6. The summed E-state index contributed by atoms with van der Waals surface area (Å²) in [6.07, 6.45) is -20.3. The van der Waals surface area contributed by atoms with Gasteiger partial charge in [0.1, 0.15) is 43.0 Å². The first-order chi connectivity index (χ1) is 37.9. The zero-order valence-electron chi connectivity index (χ0n) is 48.4. The molecule has 1 unspecified atom stereocenters. The highest BCUT2D eigenvalue weighted by molar-refractivity contribution is 5.90. The SMILES string of the molecule is CCCCC(=O)O[C@H]1C[C@H](O[C@@H](C)[C@H](C)[C@H](O)[C@@H](C)[C@H](O)[C@H](C)[C@H]2OC(=O)/C=C/C[C@H](O)C[C@H](O)C[C@@H](O)CC[C@@H](C)[C@H](O)C[C@@]3(O)O[C@@H](C[C@@H](O)CC(OC(=O)CC(=O)O)CCC[C@H](O)[C@@H]4O[C@H]4[C@H]2C)C[C@@H](O)[C@@H]3O)O[C@@H](C)[C@H]1O. The summed E-state index contributed by atoms with van der Waals surface area (Å²) >= 11 is 0. The van der Waals surface area contributed by atoms with Gasteiger partial charge in [0, 0.05) is 61.9 Å². The van der Waals surface area contributed by atoms with Crippen LogP contribution in [0, 0.1) is 29.6 Å². The highest BCUT2D eigenvalue weighted by Gasteiger charge is 2.53. The fourth-order valence-corrected chi connectivity index (χ4v) is 11.5. The zero-order chi connectivity index (χ0) is 60.6. The van der Waals surface area contributed by atoms with Crippen molar-refractivity contribution in [3.8, 4) is 0 Å². The summed E-state index contributed by atoms with van der Waals surface area (Å²) < 4.78 is 41.0. The number of aliphatic hydroxyl groups excluding tert-OH is 11. The molecule has 0 aromatic carbocycles. The molecule has 24 heteroatoms. The Labute approximate surface area is 475 Å². The number of hydrogen-bond donors (Lipinski definition) is 13. The van der Waals surface area contributed by atoms with E-state index in [-0.39, 0.29) is 83.5 Å². The van der Waals surface area contributed by atoms with Gasteiger partial charge in [-0.1, -0.05) is 54.0 Å². The third kappa shape index (κ3) is 22.1. The van der Waals surface area contributed by atoms with Crippen molar-refractivity contribution in [1.82, 2.24) is 0 Å². The van der Waals surface area contributed by atoms with Crippen molar-refractivity contribution in [2.24, 2.45) is 29.6 Å². The molecule has 24 nitrogen and oxygen atoms in total. The lowest BCUT2D eigenvalue weighted by atomic mass is 9.77. The van der Waals surface area contributed by atoms with E-state index in [1.165, 1.54) is 6.08 Å². The third-order valence-electron chi connectivity index (χ3n) is 16.9. The molecule has 2 bridgehead atoms. The van der Waals surface area contributed by atoms with Crippen LogP contribution in [0.3, 0.4) is 0 Å². The van der Waals surface area contributed by atoms with E-state index in [2.05, 4.69) is 0 Å². The van der Waals surface area contributed by atoms with Gasteiger partial charge < -0.3 is 99.5 Å². The zero-order valence-corrected chi connectivity index (χ0v) is 48.4. The summed E-state index contributed by atoms with van der Waals surface area (Å²) in [5.74, 6) is -10.0. The average Bonchev–Trinajstić information content (AvgIpc) is 4.22. The van der Waals surface area contributed by atoms with Crippen LogP contribution in [0.4, 0.5) is 0 Å². The molecule has 0 aliphatic carbocycles. The predicted octanol–water partition coefficient (Wildman–Crippen LogP) is 1.18. The molecule has 4 rings (SSSR count). The number of ether oxygens (including phenoxy) is 7. The summed E-state index contributed by atoms with van der Waals surface area (Å²) in [4.78, 5) is 50.0. The lowest BCUT2D eigenvalue weighted by Gasteiger charge is -2.45. The van der Waals surface area contributed by atoms with Crippen LogP contribution in [0.15, 0.2) is 12.2 Å². The van der Waals surface area contributed by atoms with Crippen LogP contribution in [0.2, 0.25) is 0 Å². The monoisotopic (exact) mass is 1170 g/mol. The van der Waals surface area contributed by atoms with E-state index in [4.69, 9.17) is 33.2 Å². The normalized spacial score (nSPS) is 40.3.